The molecule has 0 aliphatic heterocycles. The van der Waals surface area contributed by atoms with E-state index in [-0.39, 0.29) is 5.56 Å². The Bertz CT molecular complexity index is 740. The van der Waals surface area contributed by atoms with Crippen LogP contribution in [-0.4, -0.2) is 4.57 Å². The summed E-state index contributed by atoms with van der Waals surface area (Å²) in [7, 11) is 1.80. The summed E-state index contributed by atoms with van der Waals surface area (Å²) in [5.74, 6) is 0. The molecule has 0 saturated carbocycles. The molecular formula is C14H11NO. The second kappa shape index (κ2) is 3.20. The Kier molecular flexibility index (Phi) is 1.83. The maximum atomic E-state index is 11.5. The van der Waals surface area contributed by atoms with Crippen LogP contribution in [-0.2, 0) is 7.05 Å². The quantitative estimate of drug-likeness (QED) is 0.522. The third kappa shape index (κ3) is 1.16. The van der Waals surface area contributed by atoms with Crippen molar-refractivity contribution in [3.8, 4) is 0 Å². The van der Waals surface area contributed by atoms with E-state index in [0.717, 1.165) is 10.9 Å². The van der Waals surface area contributed by atoms with Crippen LogP contribution in [0.1, 0.15) is 0 Å². The number of aromatic nitrogens is 1. The number of benzene rings is 2. The average molecular weight is 209 g/mol. The molecule has 2 nitrogen and oxygen atoms in total. The molecule has 0 atom stereocenters. The highest BCUT2D eigenvalue weighted by molar-refractivity contribution is 6.06. The lowest BCUT2D eigenvalue weighted by Gasteiger charge is -2.07. The lowest BCUT2D eigenvalue weighted by atomic mass is 10.1. The number of aryl methyl sites for hydroxylation is 1. The fourth-order valence-corrected chi connectivity index (χ4v) is 2.14. The molecule has 2 aromatic carbocycles. The SMILES string of the molecule is Cn1c(=O)ccc2c3ccccc3ccc21. The van der Waals surface area contributed by atoms with Crippen LogP contribution in [0.15, 0.2) is 53.3 Å². The third-order valence-corrected chi connectivity index (χ3v) is 3.03. The van der Waals surface area contributed by atoms with Crippen molar-refractivity contribution in [1.29, 1.82) is 0 Å². The monoisotopic (exact) mass is 209 g/mol. The summed E-state index contributed by atoms with van der Waals surface area (Å²) < 4.78 is 1.68. The lowest BCUT2D eigenvalue weighted by Crippen LogP contribution is -2.14. The number of rotatable bonds is 0. The molecule has 0 spiro atoms. The van der Waals surface area contributed by atoms with Gasteiger partial charge in [0.05, 0.1) is 5.52 Å². The molecule has 1 heterocycles. The van der Waals surface area contributed by atoms with E-state index in [2.05, 4.69) is 18.2 Å². The smallest absolute Gasteiger partial charge is 0.250 e. The van der Waals surface area contributed by atoms with E-state index in [1.165, 1.54) is 10.8 Å². The number of nitrogens with zero attached hydrogens (tertiary/aromatic N) is 1. The van der Waals surface area contributed by atoms with Gasteiger partial charge in [0.2, 0.25) is 0 Å². The summed E-state index contributed by atoms with van der Waals surface area (Å²) in [6.07, 6.45) is 0. The predicted molar refractivity (Wildman–Crippen MR) is 66.7 cm³/mol. The molecule has 78 valence electrons. The molecule has 2 heteroatoms. The number of hydrogen-bond acceptors (Lipinski definition) is 1. The molecule has 1 aromatic heterocycles. The van der Waals surface area contributed by atoms with Gasteiger partial charge in [-0.2, -0.15) is 0 Å². The molecule has 0 saturated heterocycles. The van der Waals surface area contributed by atoms with Gasteiger partial charge in [0.25, 0.3) is 5.56 Å². The highest BCUT2D eigenvalue weighted by atomic mass is 16.1. The third-order valence-electron chi connectivity index (χ3n) is 3.03. The number of fused-ring (bicyclic) bond motifs is 3. The first-order chi connectivity index (χ1) is 7.77. The Hall–Kier alpha value is -2.09. The first-order valence-electron chi connectivity index (χ1n) is 5.25. The summed E-state index contributed by atoms with van der Waals surface area (Å²) >= 11 is 0. The Morgan fingerprint density at radius 3 is 2.56 bits per heavy atom. The van der Waals surface area contributed by atoms with Crippen molar-refractivity contribution >= 4 is 21.7 Å². The van der Waals surface area contributed by atoms with Gasteiger partial charge < -0.3 is 4.57 Å². The molecule has 0 aliphatic carbocycles. The highest BCUT2D eigenvalue weighted by Crippen LogP contribution is 2.23. The van der Waals surface area contributed by atoms with Crippen molar-refractivity contribution in [2.75, 3.05) is 0 Å². The van der Waals surface area contributed by atoms with Gasteiger partial charge in [0, 0.05) is 18.5 Å². The molecule has 0 radical (unpaired) electrons. The van der Waals surface area contributed by atoms with E-state index >= 15 is 0 Å². The van der Waals surface area contributed by atoms with E-state index in [9.17, 15) is 4.79 Å². The van der Waals surface area contributed by atoms with E-state index in [4.69, 9.17) is 0 Å². The number of pyridine rings is 1. The zero-order valence-electron chi connectivity index (χ0n) is 8.97. The maximum absolute atomic E-state index is 11.5. The molecule has 0 fully saturated rings. The molecular weight excluding hydrogens is 198 g/mol. The summed E-state index contributed by atoms with van der Waals surface area (Å²) in [6, 6.07) is 15.8. The van der Waals surface area contributed by atoms with Gasteiger partial charge in [-0.3, -0.25) is 4.79 Å². The van der Waals surface area contributed by atoms with Crippen LogP contribution in [0.3, 0.4) is 0 Å². The molecule has 0 aliphatic rings. The Morgan fingerprint density at radius 2 is 1.69 bits per heavy atom. The second-order valence-corrected chi connectivity index (χ2v) is 3.95. The zero-order valence-corrected chi connectivity index (χ0v) is 8.97. The summed E-state index contributed by atoms with van der Waals surface area (Å²) in [5, 5.41) is 3.52. The molecule has 0 amide bonds. The molecule has 3 rings (SSSR count). The van der Waals surface area contributed by atoms with E-state index in [0.29, 0.717) is 0 Å². The van der Waals surface area contributed by atoms with Crippen molar-refractivity contribution in [2.45, 2.75) is 0 Å². The van der Waals surface area contributed by atoms with Crippen LogP contribution >= 0.6 is 0 Å². The normalized spacial score (nSPS) is 11.1. The summed E-state index contributed by atoms with van der Waals surface area (Å²) in [6.45, 7) is 0. The topological polar surface area (TPSA) is 22.0 Å². The zero-order chi connectivity index (χ0) is 11.1. The minimum Gasteiger partial charge on any atom is -0.311 e. The van der Waals surface area contributed by atoms with Crippen molar-refractivity contribution in [1.82, 2.24) is 4.57 Å². The van der Waals surface area contributed by atoms with Gasteiger partial charge in [-0.15, -0.1) is 0 Å². The van der Waals surface area contributed by atoms with Crippen LogP contribution in [0.2, 0.25) is 0 Å². The van der Waals surface area contributed by atoms with Crippen LogP contribution in [0.4, 0.5) is 0 Å². The summed E-state index contributed by atoms with van der Waals surface area (Å²) in [4.78, 5) is 11.5. The molecule has 0 unspecified atom stereocenters. The second-order valence-electron chi connectivity index (χ2n) is 3.95. The maximum Gasteiger partial charge on any atom is 0.250 e. The van der Waals surface area contributed by atoms with Crippen LogP contribution in [0.25, 0.3) is 21.7 Å². The van der Waals surface area contributed by atoms with Crippen molar-refractivity contribution in [2.24, 2.45) is 7.05 Å². The van der Waals surface area contributed by atoms with Gasteiger partial charge in [-0.25, -0.2) is 0 Å². The van der Waals surface area contributed by atoms with Crippen molar-refractivity contribution in [3.63, 3.8) is 0 Å². The first kappa shape index (κ1) is 9.16. The Labute approximate surface area is 92.8 Å². The van der Waals surface area contributed by atoms with Gasteiger partial charge in [0.1, 0.15) is 0 Å². The predicted octanol–water partition coefficient (Wildman–Crippen LogP) is 2.69. The first-order valence-corrected chi connectivity index (χ1v) is 5.25. The van der Waals surface area contributed by atoms with E-state index < -0.39 is 0 Å². The van der Waals surface area contributed by atoms with Gasteiger partial charge in [0.15, 0.2) is 0 Å². The van der Waals surface area contributed by atoms with E-state index in [1.54, 1.807) is 17.7 Å². The molecule has 3 aromatic rings. The van der Waals surface area contributed by atoms with Crippen LogP contribution < -0.4 is 5.56 Å². The van der Waals surface area contributed by atoms with Crippen molar-refractivity contribution < 1.29 is 0 Å². The standard InChI is InChI=1S/C14H11NO/c1-15-13-8-6-10-4-2-3-5-11(10)12(13)7-9-14(15)16/h2-9H,1H3. The van der Waals surface area contributed by atoms with Gasteiger partial charge >= 0.3 is 0 Å². The summed E-state index contributed by atoms with van der Waals surface area (Å²) in [5.41, 5.74) is 1.01. The van der Waals surface area contributed by atoms with Crippen molar-refractivity contribution in [3.05, 3.63) is 58.9 Å². The average Bonchev–Trinajstić information content (AvgIpc) is 2.33. The largest absolute Gasteiger partial charge is 0.311 e. The number of hydrogen-bond donors (Lipinski definition) is 0. The van der Waals surface area contributed by atoms with Gasteiger partial charge in [-0.1, -0.05) is 30.3 Å². The minimum atomic E-state index is 0.0304. The van der Waals surface area contributed by atoms with Gasteiger partial charge in [-0.05, 0) is 22.9 Å². The molecule has 16 heavy (non-hydrogen) atoms. The fraction of sp³-hybridized carbons (Fsp3) is 0.0714. The highest BCUT2D eigenvalue weighted by Gasteiger charge is 2.02. The Morgan fingerprint density at radius 1 is 0.875 bits per heavy atom. The molecule has 0 bridgehead atoms. The fourth-order valence-electron chi connectivity index (χ4n) is 2.14. The minimum absolute atomic E-state index is 0.0304. The van der Waals surface area contributed by atoms with E-state index in [1.807, 2.05) is 24.3 Å². The lowest BCUT2D eigenvalue weighted by molar-refractivity contribution is 0.907. The van der Waals surface area contributed by atoms with Crippen LogP contribution in [0.5, 0.6) is 0 Å². The Balaban J connectivity index is 2.63. The van der Waals surface area contributed by atoms with Crippen LogP contribution in [0, 0.1) is 0 Å². The molecule has 0 N–H and O–H groups in total.